The number of aliphatic hydroxyl groups is 1. The third-order valence-corrected chi connectivity index (χ3v) is 4.69. The van der Waals surface area contributed by atoms with Crippen molar-refractivity contribution in [3.8, 4) is 0 Å². The van der Waals surface area contributed by atoms with Gasteiger partial charge in [-0.3, -0.25) is 9.80 Å². The summed E-state index contributed by atoms with van der Waals surface area (Å²) in [6.07, 6.45) is 0. The molecule has 0 aliphatic heterocycles. The second kappa shape index (κ2) is 6.45. The molecule has 0 saturated carbocycles. The van der Waals surface area contributed by atoms with Gasteiger partial charge in [0.25, 0.3) is 5.91 Å². The van der Waals surface area contributed by atoms with Crippen LogP contribution >= 0.6 is 35.3 Å². The molecule has 2 rings (SSSR count). The Kier molecular flexibility index (Phi) is 4.87. The van der Waals surface area contributed by atoms with Crippen molar-refractivity contribution in [2.24, 2.45) is 5.84 Å². The highest BCUT2D eigenvalue weighted by Gasteiger charge is 2.27. The first-order chi connectivity index (χ1) is 9.52. The van der Waals surface area contributed by atoms with E-state index in [2.05, 4.69) is 12.6 Å². The van der Waals surface area contributed by atoms with Crippen LogP contribution < -0.4 is 5.84 Å². The number of hydrazine groups is 1. The van der Waals surface area contributed by atoms with Gasteiger partial charge in [0, 0.05) is 0 Å². The summed E-state index contributed by atoms with van der Waals surface area (Å²) in [7, 11) is 0. The molecule has 0 fully saturated rings. The molecule has 2 aromatic rings. The Morgan fingerprint density at radius 2 is 1.80 bits per heavy atom. The van der Waals surface area contributed by atoms with Crippen LogP contribution in [-0.4, -0.2) is 16.0 Å². The van der Waals surface area contributed by atoms with E-state index in [4.69, 9.17) is 5.84 Å². The largest absolute Gasteiger partial charge is 0.511 e. The van der Waals surface area contributed by atoms with Crippen molar-refractivity contribution in [1.29, 1.82) is 0 Å². The minimum atomic E-state index is -0.518. The van der Waals surface area contributed by atoms with E-state index in [0.29, 0.717) is 0 Å². The van der Waals surface area contributed by atoms with Gasteiger partial charge < -0.3 is 5.11 Å². The first-order valence-electron chi connectivity index (χ1n) is 5.73. The number of aliphatic hydroxyl groups excluding tert-OH is 1. The van der Waals surface area contributed by atoms with Gasteiger partial charge in [0.1, 0.15) is 10.7 Å². The molecule has 1 amide bonds. The number of thiophene rings is 2. The van der Waals surface area contributed by atoms with E-state index in [1.165, 1.54) is 29.6 Å². The molecule has 4 nitrogen and oxygen atoms in total. The smallest absolute Gasteiger partial charge is 0.278 e. The van der Waals surface area contributed by atoms with Crippen molar-refractivity contribution in [2.75, 3.05) is 0 Å². The number of thiol groups is 1. The van der Waals surface area contributed by atoms with Crippen molar-refractivity contribution < 1.29 is 9.90 Å². The normalized spacial score (nSPS) is 12.4. The number of amides is 1. The van der Waals surface area contributed by atoms with Gasteiger partial charge >= 0.3 is 0 Å². The molecule has 0 saturated heterocycles. The number of nitrogens with two attached hydrogens (primary N) is 1. The monoisotopic (exact) mass is 326 g/mol. The SMILES string of the molecule is C/C(O)=C(/S)C(=O)N(N)C(c1ccsc1)c1ccsc1. The Bertz CT molecular complexity index is 567. The molecule has 7 heteroatoms. The van der Waals surface area contributed by atoms with E-state index in [9.17, 15) is 9.90 Å². The Balaban J connectivity index is 2.38. The van der Waals surface area contributed by atoms with E-state index >= 15 is 0 Å². The lowest BCUT2D eigenvalue weighted by molar-refractivity contribution is -0.128. The van der Waals surface area contributed by atoms with Crippen LogP contribution in [0.1, 0.15) is 24.1 Å². The second-order valence-corrected chi connectivity index (χ2v) is 6.17. The van der Waals surface area contributed by atoms with Crippen molar-refractivity contribution in [2.45, 2.75) is 13.0 Å². The number of nitrogens with zero attached hydrogens (tertiary/aromatic N) is 1. The Morgan fingerprint density at radius 1 is 1.30 bits per heavy atom. The first kappa shape index (κ1) is 15.1. The molecule has 0 aliphatic carbocycles. The average molecular weight is 326 g/mol. The van der Waals surface area contributed by atoms with Crippen LogP contribution in [0.15, 0.2) is 44.3 Å². The van der Waals surface area contributed by atoms with E-state index in [1.807, 2.05) is 33.7 Å². The molecular weight excluding hydrogens is 312 g/mol. The van der Waals surface area contributed by atoms with Gasteiger partial charge in [0.2, 0.25) is 0 Å². The van der Waals surface area contributed by atoms with Crippen molar-refractivity contribution >= 4 is 41.2 Å². The van der Waals surface area contributed by atoms with Gasteiger partial charge in [-0.15, -0.1) is 12.6 Å². The molecular formula is C13H14N2O2S3. The Morgan fingerprint density at radius 3 is 2.15 bits per heavy atom. The summed E-state index contributed by atoms with van der Waals surface area (Å²) in [6, 6.07) is 3.46. The standard InChI is InChI=1S/C13H14N2O2S3/c1-8(16)12(18)13(17)15(14)11(9-2-4-19-6-9)10-3-5-20-7-10/h2-7,11,16,18H,14H2,1H3/b12-8-. The highest BCUT2D eigenvalue weighted by molar-refractivity contribution is 7.85. The lowest BCUT2D eigenvalue weighted by Crippen LogP contribution is -2.41. The first-order valence-corrected chi connectivity index (χ1v) is 8.07. The fraction of sp³-hybridized carbons (Fsp3) is 0.154. The molecule has 0 spiro atoms. The van der Waals surface area contributed by atoms with E-state index < -0.39 is 5.91 Å². The fourth-order valence-electron chi connectivity index (χ4n) is 1.77. The second-order valence-electron chi connectivity index (χ2n) is 4.16. The number of hydrogen-bond acceptors (Lipinski definition) is 6. The van der Waals surface area contributed by atoms with Gasteiger partial charge in [-0.05, 0) is 51.7 Å². The lowest BCUT2D eigenvalue weighted by Gasteiger charge is -2.26. The Hall–Kier alpha value is -1.28. The van der Waals surface area contributed by atoms with Crippen LogP contribution in [0.5, 0.6) is 0 Å². The van der Waals surface area contributed by atoms with Crippen LogP contribution in [0.4, 0.5) is 0 Å². The fourth-order valence-corrected chi connectivity index (χ4v) is 3.24. The predicted octanol–water partition coefficient (Wildman–Crippen LogP) is 3.32. The quantitative estimate of drug-likeness (QED) is 0.202. The third-order valence-electron chi connectivity index (χ3n) is 2.78. The highest BCUT2D eigenvalue weighted by atomic mass is 32.1. The molecule has 0 aromatic carbocycles. The van der Waals surface area contributed by atoms with Gasteiger partial charge in [0.05, 0.1) is 6.04 Å². The topological polar surface area (TPSA) is 66.6 Å². The number of carbonyl (C=O) groups excluding carboxylic acids is 1. The highest BCUT2D eigenvalue weighted by Crippen LogP contribution is 2.31. The number of allylic oxidation sites excluding steroid dienone is 1. The maximum atomic E-state index is 12.2. The van der Waals surface area contributed by atoms with E-state index in [-0.39, 0.29) is 16.7 Å². The summed E-state index contributed by atoms with van der Waals surface area (Å²) >= 11 is 7.09. The molecule has 20 heavy (non-hydrogen) atoms. The zero-order valence-electron chi connectivity index (χ0n) is 10.7. The van der Waals surface area contributed by atoms with Crippen LogP contribution in [0, 0.1) is 0 Å². The minimum Gasteiger partial charge on any atom is -0.511 e. The van der Waals surface area contributed by atoms with Crippen molar-refractivity contribution in [3.05, 3.63) is 55.4 Å². The van der Waals surface area contributed by atoms with Gasteiger partial charge in [-0.2, -0.15) is 22.7 Å². The molecule has 2 aromatic heterocycles. The minimum absolute atomic E-state index is 0.0528. The summed E-state index contributed by atoms with van der Waals surface area (Å²) in [6.45, 7) is 1.40. The summed E-state index contributed by atoms with van der Waals surface area (Å²) in [4.78, 5) is 12.2. The van der Waals surface area contributed by atoms with Gasteiger partial charge in [0.15, 0.2) is 0 Å². The van der Waals surface area contributed by atoms with Crippen molar-refractivity contribution in [1.82, 2.24) is 5.01 Å². The summed E-state index contributed by atoms with van der Waals surface area (Å²) in [5, 5.41) is 18.3. The van der Waals surface area contributed by atoms with Gasteiger partial charge in [-0.1, -0.05) is 0 Å². The molecule has 0 unspecified atom stereocenters. The molecule has 0 bridgehead atoms. The zero-order valence-corrected chi connectivity index (χ0v) is 13.2. The number of hydrogen-bond donors (Lipinski definition) is 3. The Labute approximate surface area is 130 Å². The molecule has 0 radical (unpaired) electrons. The summed E-state index contributed by atoms with van der Waals surface area (Å²) in [5.74, 6) is 5.31. The van der Waals surface area contributed by atoms with Crippen molar-refractivity contribution in [3.63, 3.8) is 0 Å². The average Bonchev–Trinajstić information content (AvgIpc) is 3.10. The lowest BCUT2D eigenvalue weighted by atomic mass is 10.0. The van der Waals surface area contributed by atoms with Crippen LogP contribution in [0.2, 0.25) is 0 Å². The summed E-state index contributed by atoms with van der Waals surface area (Å²) < 4.78 is 0. The van der Waals surface area contributed by atoms with E-state index in [0.717, 1.165) is 16.1 Å². The zero-order chi connectivity index (χ0) is 14.7. The van der Waals surface area contributed by atoms with E-state index in [1.54, 1.807) is 0 Å². The van der Waals surface area contributed by atoms with Gasteiger partial charge in [-0.25, -0.2) is 5.84 Å². The number of rotatable bonds is 4. The molecule has 3 N–H and O–H groups in total. The maximum absolute atomic E-state index is 12.2. The summed E-state index contributed by atoms with van der Waals surface area (Å²) in [5.41, 5.74) is 1.86. The predicted molar refractivity (Wildman–Crippen MR) is 85.8 cm³/mol. The van der Waals surface area contributed by atoms with Crippen LogP contribution in [0.25, 0.3) is 0 Å². The molecule has 2 heterocycles. The molecule has 0 aliphatic rings. The van der Waals surface area contributed by atoms with Crippen LogP contribution in [-0.2, 0) is 4.79 Å². The molecule has 106 valence electrons. The van der Waals surface area contributed by atoms with Crippen LogP contribution in [0.3, 0.4) is 0 Å². The third kappa shape index (κ3) is 3.06. The maximum Gasteiger partial charge on any atom is 0.278 e. The number of carbonyl (C=O) groups is 1. The molecule has 0 atom stereocenters.